The summed E-state index contributed by atoms with van der Waals surface area (Å²) < 4.78 is 32.3. The molecule has 2 heterocycles. The van der Waals surface area contributed by atoms with E-state index < -0.39 is 13.9 Å². The number of piperidine rings is 1. The van der Waals surface area contributed by atoms with E-state index in [0.717, 1.165) is 62.0 Å². The van der Waals surface area contributed by atoms with Crippen LogP contribution in [0, 0.1) is 5.82 Å². The zero-order valence-electron chi connectivity index (χ0n) is 20.7. The number of fused-ring (bicyclic) bond motifs is 2. The van der Waals surface area contributed by atoms with Crippen LogP contribution in [0.2, 0.25) is 19.6 Å². The fourth-order valence-electron chi connectivity index (χ4n) is 5.74. The van der Waals surface area contributed by atoms with Crippen LogP contribution in [0.3, 0.4) is 0 Å². The number of halogens is 1. The van der Waals surface area contributed by atoms with Gasteiger partial charge in [-0.05, 0) is 99.8 Å². The van der Waals surface area contributed by atoms with Gasteiger partial charge in [0, 0.05) is 24.2 Å². The summed E-state index contributed by atoms with van der Waals surface area (Å²) in [5, 5.41) is 0. The van der Waals surface area contributed by atoms with Crippen molar-refractivity contribution < 1.29 is 23.1 Å². The van der Waals surface area contributed by atoms with Crippen LogP contribution in [0.25, 0.3) is 0 Å². The predicted molar refractivity (Wildman–Crippen MR) is 134 cm³/mol. The third kappa shape index (κ3) is 5.53. The number of carbonyl (C=O) groups excluding carboxylic acids is 1. The molecule has 34 heavy (non-hydrogen) atoms. The summed E-state index contributed by atoms with van der Waals surface area (Å²) in [4.78, 5) is 14.4. The zero-order chi connectivity index (χ0) is 24.3. The van der Waals surface area contributed by atoms with Crippen LogP contribution in [0.1, 0.15) is 48.0 Å². The fourth-order valence-corrected chi connectivity index (χ4v) is 7.19. The molecule has 7 heteroatoms. The van der Waals surface area contributed by atoms with Crippen molar-refractivity contribution in [3.8, 4) is 11.5 Å². The number of ether oxygens (including phenoxy) is 2. The van der Waals surface area contributed by atoms with Crippen LogP contribution in [0.4, 0.5) is 4.39 Å². The molecule has 2 fully saturated rings. The number of carbonyl (C=O) groups is 1. The van der Waals surface area contributed by atoms with E-state index in [1.165, 1.54) is 12.1 Å². The van der Waals surface area contributed by atoms with Crippen LogP contribution in [-0.2, 0) is 10.0 Å². The standard InChI is InChI=1S/C27H36FNO4Si/c1-31-24-10-12-25(13-11-24)32-15-5-14-29-22-8-9-23(29)18-27(17-22,33-34(2,3)4)26-16-21(28)7-6-20(26)19-30/h6-7,10-13,16,19,22-23H,5,8-9,14-15,17-18H2,1-4H3. The van der Waals surface area contributed by atoms with Crippen molar-refractivity contribution in [2.75, 3.05) is 20.3 Å². The smallest absolute Gasteiger partial charge is 0.184 e. The summed E-state index contributed by atoms with van der Waals surface area (Å²) in [6.45, 7) is 8.11. The Kier molecular flexibility index (Phi) is 7.45. The molecular weight excluding hydrogens is 449 g/mol. The van der Waals surface area contributed by atoms with E-state index in [1.807, 2.05) is 24.3 Å². The van der Waals surface area contributed by atoms with Crippen LogP contribution >= 0.6 is 0 Å². The van der Waals surface area contributed by atoms with E-state index in [9.17, 15) is 9.18 Å². The lowest BCUT2D eigenvalue weighted by molar-refractivity contribution is -0.0441. The number of rotatable bonds is 10. The molecule has 0 radical (unpaired) electrons. The summed E-state index contributed by atoms with van der Waals surface area (Å²) >= 11 is 0. The lowest BCUT2D eigenvalue weighted by atomic mass is 9.78. The van der Waals surface area contributed by atoms with Crippen molar-refractivity contribution in [1.29, 1.82) is 0 Å². The molecule has 2 aliphatic heterocycles. The van der Waals surface area contributed by atoms with Crippen LogP contribution in [0.15, 0.2) is 42.5 Å². The maximum Gasteiger partial charge on any atom is 0.184 e. The van der Waals surface area contributed by atoms with Gasteiger partial charge in [0.15, 0.2) is 8.32 Å². The summed E-state index contributed by atoms with van der Waals surface area (Å²) in [5.74, 6) is 1.35. The number of hydrogen-bond acceptors (Lipinski definition) is 5. The second kappa shape index (κ2) is 10.2. The molecule has 2 saturated heterocycles. The van der Waals surface area contributed by atoms with Crippen molar-refractivity contribution >= 4 is 14.6 Å². The minimum absolute atomic E-state index is 0.315. The van der Waals surface area contributed by atoms with Crippen LogP contribution in [0.5, 0.6) is 11.5 Å². The normalized spacial score (nSPS) is 24.7. The number of benzene rings is 2. The van der Waals surface area contributed by atoms with Gasteiger partial charge in [0.2, 0.25) is 0 Å². The van der Waals surface area contributed by atoms with E-state index in [1.54, 1.807) is 13.2 Å². The first-order valence-corrected chi connectivity index (χ1v) is 15.6. The molecule has 0 aliphatic carbocycles. The van der Waals surface area contributed by atoms with Gasteiger partial charge in [-0.15, -0.1) is 0 Å². The van der Waals surface area contributed by atoms with Crippen LogP contribution in [-0.4, -0.2) is 51.8 Å². The van der Waals surface area contributed by atoms with Gasteiger partial charge in [-0.2, -0.15) is 0 Å². The molecule has 0 spiro atoms. The quantitative estimate of drug-likeness (QED) is 0.242. The SMILES string of the molecule is COc1ccc(OCCCN2C3CCC2CC(O[Si](C)(C)C)(c2cc(F)ccc2C=O)C3)cc1. The summed E-state index contributed by atoms with van der Waals surface area (Å²) in [6.07, 6.45) is 5.56. The molecule has 2 aromatic rings. The summed E-state index contributed by atoms with van der Waals surface area (Å²) in [5.41, 5.74) is 0.662. The van der Waals surface area contributed by atoms with Gasteiger partial charge in [0.25, 0.3) is 0 Å². The lowest BCUT2D eigenvalue weighted by Gasteiger charge is -2.49. The molecule has 0 saturated carbocycles. The fraction of sp³-hybridized carbons (Fsp3) is 0.519. The largest absolute Gasteiger partial charge is 0.497 e. The van der Waals surface area contributed by atoms with Gasteiger partial charge in [0.05, 0.1) is 19.3 Å². The van der Waals surface area contributed by atoms with E-state index >= 15 is 0 Å². The number of nitrogens with zero attached hydrogens (tertiary/aromatic N) is 1. The Balaban J connectivity index is 1.45. The average molecular weight is 486 g/mol. The molecule has 0 aromatic heterocycles. The second-order valence-corrected chi connectivity index (χ2v) is 14.9. The molecule has 2 atom stereocenters. The first-order valence-electron chi connectivity index (χ1n) is 12.2. The molecule has 184 valence electrons. The van der Waals surface area contributed by atoms with Crippen molar-refractivity contribution in [2.45, 2.75) is 69.4 Å². The molecule has 2 unspecified atom stereocenters. The van der Waals surface area contributed by atoms with Gasteiger partial charge < -0.3 is 13.9 Å². The predicted octanol–water partition coefficient (Wildman–Crippen LogP) is 5.79. The third-order valence-corrected chi connectivity index (χ3v) is 7.93. The Bertz CT molecular complexity index is 977. The van der Waals surface area contributed by atoms with Gasteiger partial charge in [0.1, 0.15) is 23.6 Å². The summed E-state index contributed by atoms with van der Waals surface area (Å²) in [6, 6.07) is 12.9. The van der Waals surface area contributed by atoms with Gasteiger partial charge in [-0.25, -0.2) is 4.39 Å². The minimum Gasteiger partial charge on any atom is -0.497 e. The maximum absolute atomic E-state index is 14.3. The monoisotopic (exact) mass is 485 g/mol. The number of hydrogen-bond donors (Lipinski definition) is 0. The first-order chi connectivity index (χ1) is 16.2. The van der Waals surface area contributed by atoms with Crippen LogP contribution < -0.4 is 9.47 Å². The number of aldehydes is 1. The molecule has 0 amide bonds. The highest BCUT2D eigenvalue weighted by molar-refractivity contribution is 6.69. The van der Waals surface area contributed by atoms with Crippen molar-refractivity contribution in [3.63, 3.8) is 0 Å². The summed E-state index contributed by atoms with van der Waals surface area (Å²) in [7, 11) is -0.315. The van der Waals surface area contributed by atoms with Gasteiger partial charge in [-0.3, -0.25) is 9.69 Å². The maximum atomic E-state index is 14.3. The Morgan fingerprint density at radius 1 is 1.06 bits per heavy atom. The molecule has 5 nitrogen and oxygen atoms in total. The Morgan fingerprint density at radius 3 is 2.29 bits per heavy atom. The molecule has 2 aliphatic rings. The molecule has 4 rings (SSSR count). The zero-order valence-corrected chi connectivity index (χ0v) is 21.7. The highest BCUT2D eigenvalue weighted by Gasteiger charge is 2.51. The molecule has 0 N–H and O–H groups in total. The first kappa shape index (κ1) is 24.9. The van der Waals surface area contributed by atoms with E-state index in [2.05, 4.69) is 24.5 Å². The third-order valence-electron chi connectivity index (χ3n) is 6.93. The second-order valence-electron chi connectivity index (χ2n) is 10.5. The highest BCUT2D eigenvalue weighted by Crippen LogP contribution is 2.50. The highest BCUT2D eigenvalue weighted by atomic mass is 28.4. The molecule has 2 aromatic carbocycles. The van der Waals surface area contributed by atoms with Crippen molar-refractivity contribution in [2.24, 2.45) is 0 Å². The topological polar surface area (TPSA) is 48.0 Å². The molecular formula is C27H36FNO4Si. The van der Waals surface area contributed by atoms with Crippen molar-refractivity contribution in [3.05, 3.63) is 59.4 Å². The average Bonchev–Trinajstić information content (AvgIpc) is 3.05. The van der Waals surface area contributed by atoms with Crippen molar-refractivity contribution in [1.82, 2.24) is 4.90 Å². The lowest BCUT2D eigenvalue weighted by Crippen LogP contribution is -2.54. The Morgan fingerprint density at radius 2 is 1.71 bits per heavy atom. The van der Waals surface area contributed by atoms with E-state index in [-0.39, 0.29) is 5.82 Å². The minimum atomic E-state index is -1.97. The Labute approximate surface area is 203 Å². The van der Waals surface area contributed by atoms with E-state index in [0.29, 0.717) is 24.3 Å². The number of methoxy groups -OCH3 is 1. The Hall–Kier alpha value is -2.22. The van der Waals surface area contributed by atoms with Gasteiger partial charge in [-0.1, -0.05) is 0 Å². The van der Waals surface area contributed by atoms with E-state index in [4.69, 9.17) is 13.9 Å². The van der Waals surface area contributed by atoms with Gasteiger partial charge >= 0.3 is 0 Å². The molecule has 2 bridgehead atoms.